The van der Waals surface area contributed by atoms with E-state index < -0.39 is 10.0 Å². The number of sulfonamides is 1. The summed E-state index contributed by atoms with van der Waals surface area (Å²) in [5.74, 6) is 0.747. The van der Waals surface area contributed by atoms with E-state index in [0.717, 1.165) is 23.2 Å². The van der Waals surface area contributed by atoms with Gasteiger partial charge in [-0.15, -0.1) is 0 Å². The minimum atomic E-state index is -3.76. The van der Waals surface area contributed by atoms with E-state index in [1.54, 1.807) is 47.4 Å². The first-order valence-electron chi connectivity index (χ1n) is 10.1. The number of nitrogens with one attached hydrogen (secondary N) is 1. The lowest BCUT2D eigenvalue weighted by molar-refractivity contribution is 0.0963. The predicted molar refractivity (Wildman–Crippen MR) is 118 cm³/mol. The van der Waals surface area contributed by atoms with E-state index in [1.165, 1.54) is 12.3 Å². The van der Waals surface area contributed by atoms with Gasteiger partial charge in [0.1, 0.15) is 5.75 Å². The lowest BCUT2D eigenvalue weighted by atomic mass is 10.1. The first-order valence-corrected chi connectivity index (χ1v) is 11.6. The minimum Gasteiger partial charge on any atom is -0.493 e. The Hall–Kier alpha value is -3.26. The molecule has 1 aliphatic heterocycles. The number of hydrogen-bond acceptors (Lipinski definition) is 5. The molecule has 0 saturated carbocycles. The second kappa shape index (κ2) is 8.47. The smallest absolute Gasteiger partial charge is 0.293 e. The number of carbonyl (C=O) groups excluding carboxylic acids is 1. The van der Waals surface area contributed by atoms with Gasteiger partial charge in [-0.3, -0.25) is 9.52 Å². The Labute approximate surface area is 181 Å². The van der Waals surface area contributed by atoms with Gasteiger partial charge in [0.25, 0.3) is 15.9 Å². The molecule has 4 rings (SSSR count). The van der Waals surface area contributed by atoms with Gasteiger partial charge in [-0.25, -0.2) is 8.42 Å². The van der Waals surface area contributed by atoms with E-state index >= 15 is 0 Å². The zero-order valence-corrected chi connectivity index (χ0v) is 18.2. The van der Waals surface area contributed by atoms with Crippen LogP contribution in [0.1, 0.15) is 35.0 Å². The monoisotopic (exact) mass is 440 g/mol. The van der Waals surface area contributed by atoms with Crippen molar-refractivity contribution in [3.05, 3.63) is 71.7 Å². The minimum absolute atomic E-state index is 0.170. The molecule has 1 aliphatic rings. The van der Waals surface area contributed by atoms with Gasteiger partial charge in [-0.1, -0.05) is 6.92 Å². The highest BCUT2D eigenvalue weighted by Gasteiger charge is 2.27. The SMILES string of the molecule is CCCOc1ccc(S(=O)(=O)Nc2ccc3c(c2)CCN3C(=O)c2ccco2)cc1C. The molecule has 2 aromatic carbocycles. The molecular formula is C23H24N2O5S. The zero-order valence-electron chi connectivity index (χ0n) is 17.4. The summed E-state index contributed by atoms with van der Waals surface area (Å²) < 4.78 is 39.2. The lowest BCUT2D eigenvalue weighted by Crippen LogP contribution is -2.28. The van der Waals surface area contributed by atoms with Gasteiger partial charge >= 0.3 is 0 Å². The van der Waals surface area contributed by atoms with Crippen molar-refractivity contribution in [1.82, 2.24) is 0 Å². The zero-order chi connectivity index (χ0) is 22.0. The Morgan fingerprint density at radius 1 is 1.19 bits per heavy atom. The molecule has 0 bridgehead atoms. The fourth-order valence-corrected chi connectivity index (χ4v) is 4.72. The van der Waals surface area contributed by atoms with E-state index in [2.05, 4.69) is 4.72 Å². The normalized spacial score (nSPS) is 13.2. The van der Waals surface area contributed by atoms with E-state index in [9.17, 15) is 13.2 Å². The second-order valence-corrected chi connectivity index (χ2v) is 9.09. The molecule has 0 radical (unpaired) electrons. The molecule has 2 heterocycles. The molecule has 8 heteroatoms. The highest BCUT2D eigenvalue weighted by atomic mass is 32.2. The second-order valence-electron chi connectivity index (χ2n) is 7.41. The summed E-state index contributed by atoms with van der Waals surface area (Å²) in [4.78, 5) is 14.4. The summed E-state index contributed by atoms with van der Waals surface area (Å²) in [5.41, 5.74) is 2.88. The van der Waals surface area contributed by atoms with Gasteiger partial charge in [-0.2, -0.15) is 0 Å². The molecule has 1 aromatic heterocycles. The van der Waals surface area contributed by atoms with Gasteiger partial charge in [0.2, 0.25) is 0 Å². The molecular weight excluding hydrogens is 416 g/mol. The molecule has 0 fully saturated rings. The average Bonchev–Trinajstić information content (AvgIpc) is 3.42. The van der Waals surface area contributed by atoms with Crippen molar-refractivity contribution in [3.63, 3.8) is 0 Å². The summed E-state index contributed by atoms with van der Waals surface area (Å²) in [6, 6.07) is 13.3. The molecule has 1 amide bonds. The van der Waals surface area contributed by atoms with Gasteiger partial charge in [-0.05, 0) is 79.4 Å². The summed E-state index contributed by atoms with van der Waals surface area (Å²) in [6.45, 7) is 4.94. The highest BCUT2D eigenvalue weighted by Crippen LogP contribution is 2.32. The Bertz CT molecular complexity index is 1200. The van der Waals surface area contributed by atoms with Gasteiger partial charge < -0.3 is 14.1 Å². The van der Waals surface area contributed by atoms with Crippen LogP contribution in [0, 0.1) is 6.92 Å². The maximum absolute atomic E-state index is 12.9. The van der Waals surface area contributed by atoms with Crippen LogP contribution in [0.15, 0.2) is 64.1 Å². The van der Waals surface area contributed by atoms with Crippen molar-refractivity contribution in [1.29, 1.82) is 0 Å². The van der Waals surface area contributed by atoms with Crippen molar-refractivity contribution in [2.45, 2.75) is 31.6 Å². The summed E-state index contributed by atoms with van der Waals surface area (Å²) in [5, 5.41) is 0. The van der Waals surface area contributed by atoms with Crippen molar-refractivity contribution in [3.8, 4) is 5.75 Å². The first kappa shape index (κ1) is 21.0. The largest absolute Gasteiger partial charge is 0.493 e. The summed E-state index contributed by atoms with van der Waals surface area (Å²) in [6.07, 6.45) is 2.98. The third-order valence-electron chi connectivity index (χ3n) is 5.12. The number of ether oxygens (including phenoxy) is 1. The van der Waals surface area contributed by atoms with Gasteiger partial charge in [0.05, 0.1) is 17.8 Å². The number of benzene rings is 2. The Balaban J connectivity index is 1.52. The van der Waals surface area contributed by atoms with Crippen LogP contribution >= 0.6 is 0 Å². The molecule has 1 N–H and O–H groups in total. The molecule has 3 aromatic rings. The van der Waals surface area contributed by atoms with Crippen LogP contribution in [0.5, 0.6) is 5.75 Å². The Morgan fingerprint density at radius 3 is 2.74 bits per heavy atom. The fourth-order valence-electron chi connectivity index (χ4n) is 3.59. The van der Waals surface area contributed by atoms with Crippen LogP contribution in [-0.4, -0.2) is 27.5 Å². The standard InChI is InChI=1S/C23H24N2O5S/c1-3-12-29-21-9-7-19(14-16(21)2)31(27,28)24-18-6-8-20-17(15-18)10-11-25(20)23(26)22-5-4-13-30-22/h4-9,13-15,24H,3,10-12H2,1-2H3. The van der Waals surface area contributed by atoms with Crippen LogP contribution in [0.2, 0.25) is 0 Å². The third-order valence-corrected chi connectivity index (χ3v) is 6.50. The maximum Gasteiger partial charge on any atom is 0.293 e. The lowest BCUT2D eigenvalue weighted by Gasteiger charge is -2.16. The van der Waals surface area contributed by atoms with E-state index in [1.807, 2.05) is 13.8 Å². The maximum atomic E-state index is 12.9. The number of rotatable bonds is 7. The number of amides is 1. The van der Waals surface area contributed by atoms with Crippen molar-refractivity contribution < 1.29 is 22.4 Å². The molecule has 0 spiro atoms. The Kier molecular flexibility index (Phi) is 5.73. The number of hydrogen-bond donors (Lipinski definition) is 1. The molecule has 0 atom stereocenters. The van der Waals surface area contributed by atoms with E-state index in [4.69, 9.17) is 9.15 Å². The predicted octanol–water partition coefficient (Wildman–Crippen LogP) is 4.38. The first-order chi connectivity index (χ1) is 14.9. The van der Waals surface area contributed by atoms with Crippen molar-refractivity contribution in [2.75, 3.05) is 22.8 Å². The van der Waals surface area contributed by atoms with Crippen LogP contribution < -0.4 is 14.4 Å². The number of fused-ring (bicyclic) bond motifs is 1. The number of nitrogens with zero attached hydrogens (tertiary/aromatic N) is 1. The van der Waals surface area contributed by atoms with Gasteiger partial charge in [0, 0.05) is 17.9 Å². The van der Waals surface area contributed by atoms with E-state index in [-0.39, 0.29) is 16.6 Å². The molecule has 0 saturated heterocycles. The number of carbonyl (C=O) groups is 1. The summed E-state index contributed by atoms with van der Waals surface area (Å²) in [7, 11) is -3.76. The van der Waals surface area contributed by atoms with Crippen LogP contribution in [0.4, 0.5) is 11.4 Å². The molecule has 31 heavy (non-hydrogen) atoms. The van der Waals surface area contributed by atoms with E-state index in [0.29, 0.717) is 31.0 Å². The number of furan rings is 1. The topological polar surface area (TPSA) is 88.9 Å². The van der Waals surface area contributed by atoms with Crippen LogP contribution in [0.3, 0.4) is 0 Å². The third kappa shape index (κ3) is 4.29. The Morgan fingerprint density at radius 2 is 2.03 bits per heavy atom. The molecule has 7 nitrogen and oxygen atoms in total. The number of anilines is 2. The fraction of sp³-hybridized carbons (Fsp3) is 0.261. The van der Waals surface area contributed by atoms with Crippen molar-refractivity contribution >= 4 is 27.3 Å². The molecule has 162 valence electrons. The molecule has 0 aliphatic carbocycles. The van der Waals surface area contributed by atoms with Crippen LogP contribution in [0.25, 0.3) is 0 Å². The van der Waals surface area contributed by atoms with Gasteiger partial charge in [0.15, 0.2) is 5.76 Å². The van der Waals surface area contributed by atoms with Crippen molar-refractivity contribution in [2.24, 2.45) is 0 Å². The quantitative estimate of drug-likeness (QED) is 0.589. The van der Waals surface area contributed by atoms with Crippen LogP contribution in [-0.2, 0) is 16.4 Å². The average molecular weight is 441 g/mol. The summed E-state index contributed by atoms with van der Waals surface area (Å²) >= 11 is 0. The highest BCUT2D eigenvalue weighted by molar-refractivity contribution is 7.92. The number of aryl methyl sites for hydroxylation is 1. The molecule has 0 unspecified atom stereocenters.